The number of fused-ring (bicyclic) bond motifs is 1. The van der Waals surface area contributed by atoms with Crippen LogP contribution < -0.4 is 21.0 Å². The van der Waals surface area contributed by atoms with E-state index in [1.165, 1.54) is 0 Å². The minimum Gasteiger partial charge on any atom is -0.478 e. The van der Waals surface area contributed by atoms with Gasteiger partial charge in [-0.05, 0) is 42.7 Å². The van der Waals surface area contributed by atoms with E-state index in [2.05, 4.69) is 15.5 Å². The van der Waals surface area contributed by atoms with Crippen LogP contribution in [0.5, 0.6) is 0 Å². The number of piperazine rings is 1. The fourth-order valence-electron chi connectivity index (χ4n) is 3.86. The summed E-state index contributed by atoms with van der Waals surface area (Å²) < 4.78 is 6.21. The molecule has 0 radical (unpaired) electrons. The highest BCUT2D eigenvalue weighted by Crippen LogP contribution is 2.25. The van der Waals surface area contributed by atoms with E-state index in [0.717, 1.165) is 37.3 Å². The summed E-state index contributed by atoms with van der Waals surface area (Å²) in [5.74, 6) is -0.367. The topological polar surface area (TPSA) is 94.8 Å². The zero-order valence-electron chi connectivity index (χ0n) is 16.9. The van der Waals surface area contributed by atoms with Gasteiger partial charge < -0.3 is 25.1 Å². The third-order valence-corrected chi connectivity index (χ3v) is 5.33. The molecule has 1 aliphatic rings. The summed E-state index contributed by atoms with van der Waals surface area (Å²) in [6.45, 7) is 5.78. The van der Waals surface area contributed by atoms with Crippen LogP contribution in [0.25, 0.3) is 11.0 Å². The van der Waals surface area contributed by atoms with Crippen molar-refractivity contribution in [1.82, 2.24) is 5.32 Å². The summed E-state index contributed by atoms with van der Waals surface area (Å²) >= 11 is 0. The van der Waals surface area contributed by atoms with Crippen molar-refractivity contribution in [2.75, 3.05) is 42.9 Å². The molecule has 4 rings (SSSR count). The Balaban J connectivity index is 1.62. The molecule has 7 heteroatoms. The SMILES string of the molecule is Cc1cc(CCNc2ccccc2C(=O)O)c2oc(N3CCNCC3)cc(=O)c2c1. The number of aromatic carboxylic acids is 1. The third-order valence-electron chi connectivity index (χ3n) is 5.33. The minimum atomic E-state index is -0.967. The Labute approximate surface area is 174 Å². The molecule has 1 aromatic heterocycles. The van der Waals surface area contributed by atoms with Gasteiger partial charge in [-0.3, -0.25) is 4.79 Å². The number of carbonyl (C=O) groups is 1. The monoisotopic (exact) mass is 407 g/mol. The molecule has 0 aliphatic carbocycles. The lowest BCUT2D eigenvalue weighted by molar-refractivity contribution is 0.0698. The Morgan fingerprint density at radius 2 is 1.97 bits per heavy atom. The van der Waals surface area contributed by atoms with Crippen LogP contribution in [-0.2, 0) is 6.42 Å². The highest BCUT2D eigenvalue weighted by molar-refractivity contribution is 5.94. The molecule has 3 N–H and O–H groups in total. The van der Waals surface area contributed by atoms with Gasteiger partial charge in [0.05, 0.1) is 10.9 Å². The summed E-state index contributed by atoms with van der Waals surface area (Å²) in [5, 5.41) is 16.4. The van der Waals surface area contributed by atoms with Crippen LogP contribution in [0.2, 0.25) is 0 Å². The smallest absolute Gasteiger partial charge is 0.337 e. The number of rotatable bonds is 6. The van der Waals surface area contributed by atoms with Crippen LogP contribution >= 0.6 is 0 Å². The number of para-hydroxylation sites is 1. The average molecular weight is 407 g/mol. The maximum absolute atomic E-state index is 12.8. The number of benzene rings is 2. The van der Waals surface area contributed by atoms with Crippen LogP contribution in [0.3, 0.4) is 0 Å². The molecule has 0 saturated carbocycles. The maximum atomic E-state index is 12.8. The molecule has 1 fully saturated rings. The third kappa shape index (κ3) is 4.16. The maximum Gasteiger partial charge on any atom is 0.337 e. The molecular weight excluding hydrogens is 382 g/mol. The van der Waals surface area contributed by atoms with Gasteiger partial charge in [0.1, 0.15) is 5.58 Å². The summed E-state index contributed by atoms with van der Waals surface area (Å²) in [6, 6.07) is 12.3. The Bertz CT molecular complexity index is 1130. The molecular formula is C23H25N3O4. The molecule has 156 valence electrons. The van der Waals surface area contributed by atoms with Gasteiger partial charge in [-0.25, -0.2) is 4.79 Å². The number of carboxylic acid groups (broad SMARTS) is 1. The molecule has 0 amide bonds. The first kappa shape index (κ1) is 20.0. The minimum absolute atomic E-state index is 0.0427. The van der Waals surface area contributed by atoms with Crippen LogP contribution in [0.15, 0.2) is 51.7 Å². The quantitative estimate of drug-likeness (QED) is 0.578. The lowest BCUT2D eigenvalue weighted by atomic mass is 10.0. The fraction of sp³-hybridized carbons (Fsp3) is 0.304. The van der Waals surface area contributed by atoms with E-state index in [1.54, 1.807) is 30.3 Å². The molecule has 30 heavy (non-hydrogen) atoms. The Hall–Kier alpha value is -3.32. The number of aryl methyl sites for hydroxylation is 1. The molecule has 1 saturated heterocycles. The first-order valence-corrected chi connectivity index (χ1v) is 10.1. The number of hydrogen-bond acceptors (Lipinski definition) is 6. The predicted octanol–water partition coefficient (Wildman–Crippen LogP) is 2.86. The zero-order valence-corrected chi connectivity index (χ0v) is 16.9. The summed E-state index contributed by atoms with van der Waals surface area (Å²) in [5.41, 5.74) is 3.29. The fourth-order valence-corrected chi connectivity index (χ4v) is 3.86. The lowest BCUT2D eigenvalue weighted by Gasteiger charge is -2.28. The van der Waals surface area contributed by atoms with Crippen molar-refractivity contribution < 1.29 is 14.3 Å². The van der Waals surface area contributed by atoms with Gasteiger partial charge in [-0.2, -0.15) is 0 Å². The van der Waals surface area contributed by atoms with Gasteiger partial charge >= 0.3 is 5.97 Å². The molecule has 1 aliphatic heterocycles. The first-order chi connectivity index (χ1) is 14.5. The van der Waals surface area contributed by atoms with Crippen LogP contribution in [0.1, 0.15) is 21.5 Å². The normalized spacial score (nSPS) is 14.1. The van der Waals surface area contributed by atoms with E-state index in [1.807, 2.05) is 19.1 Å². The van der Waals surface area contributed by atoms with Crippen LogP contribution in [0, 0.1) is 6.92 Å². The van der Waals surface area contributed by atoms with Gasteiger partial charge in [-0.15, -0.1) is 0 Å². The standard InChI is InChI=1S/C23H25N3O4/c1-15-12-16(6-7-25-19-5-3-2-4-17(19)23(28)29)22-18(13-15)20(27)14-21(30-22)26-10-8-24-9-11-26/h2-5,12-14,24-25H,6-11H2,1H3,(H,28,29). The van der Waals surface area contributed by atoms with E-state index in [0.29, 0.717) is 35.5 Å². The molecule has 2 heterocycles. The van der Waals surface area contributed by atoms with Crippen molar-refractivity contribution in [1.29, 1.82) is 0 Å². The van der Waals surface area contributed by atoms with E-state index < -0.39 is 5.97 Å². The summed E-state index contributed by atoms with van der Waals surface area (Å²) in [4.78, 5) is 26.3. The number of nitrogens with one attached hydrogen (secondary N) is 2. The van der Waals surface area contributed by atoms with Crippen LogP contribution in [0.4, 0.5) is 11.6 Å². The second-order valence-corrected chi connectivity index (χ2v) is 7.51. The molecule has 2 aromatic carbocycles. The molecule has 0 unspecified atom stereocenters. The zero-order chi connectivity index (χ0) is 21.1. The summed E-state index contributed by atoms with van der Waals surface area (Å²) in [6.07, 6.45) is 0.597. The highest BCUT2D eigenvalue weighted by Gasteiger charge is 2.17. The van der Waals surface area contributed by atoms with Crippen molar-refractivity contribution in [3.05, 3.63) is 69.4 Å². The van der Waals surface area contributed by atoms with Crippen molar-refractivity contribution in [3.63, 3.8) is 0 Å². The van der Waals surface area contributed by atoms with E-state index in [-0.39, 0.29) is 11.0 Å². The van der Waals surface area contributed by atoms with Crippen molar-refractivity contribution in [3.8, 4) is 0 Å². The second kappa shape index (κ2) is 8.59. The number of hydrogen-bond donors (Lipinski definition) is 3. The lowest BCUT2D eigenvalue weighted by Crippen LogP contribution is -2.43. The summed E-state index contributed by atoms with van der Waals surface area (Å²) in [7, 11) is 0. The first-order valence-electron chi connectivity index (χ1n) is 10.1. The Morgan fingerprint density at radius 1 is 1.20 bits per heavy atom. The van der Waals surface area contributed by atoms with E-state index in [4.69, 9.17) is 4.42 Å². The van der Waals surface area contributed by atoms with E-state index >= 15 is 0 Å². The highest BCUT2D eigenvalue weighted by atomic mass is 16.4. The van der Waals surface area contributed by atoms with Gasteiger partial charge in [0.2, 0.25) is 0 Å². The van der Waals surface area contributed by atoms with Gasteiger partial charge in [0, 0.05) is 44.5 Å². The van der Waals surface area contributed by atoms with Gasteiger partial charge in [-0.1, -0.05) is 18.2 Å². The number of nitrogens with zero attached hydrogens (tertiary/aromatic N) is 1. The second-order valence-electron chi connectivity index (χ2n) is 7.51. The number of carboxylic acids is 1. The van der Waals surface area contributed by atoms with Crippen molar-refractivity contribution in [2.24, 2.45) is 0 Å². The van der Waals surface area contributed by atoms with Crippen molar-refractivity contribution >= 4 is 28.5 Å². The Kier molecular flexibility index (Phi) is 5.72. The van der Waals surface area contributed by atoms with E-state index in [9.17, 15) is 14.7 Å². The molecule has 7 nitrogen and oxygen atoms in total. The molecule has 0 spiro atoms. The predicted molar refractivity (Wildman–Crippen MR) is 118 cm³/mol. The van der Waals surface area contributed by atoms with Crippen molar-refractivity contribution in [2.45, 2.75) is 13.3 Å². The van der Waals surface area contributed by atoms with Crippen LogP contribution in [-0.4, -0.2) is 43.8 Å². The van der Waals surface area contributed by atoms with Gasteiger partial charge in [0.25, 0.3) is 0 Å². The molecule has 0 atom stereocenters. The molecule has 3 aromatic rings. The Morgan fingerprint density at radius 3 is 2.73 bits per heavy atom. The number of anilines is 2. The molecule has 0 bridgehead atoms. The largest absolute Gasteiger partial charge is 0.478 e. The van der Waals surface area contributed by atoms with Gasteiger partial charge in [0.15, 0.2) is 11.3 Å². The average Bonchev–Trinajstić information content (AvgIpc) is 2.75.